The lowest BCUT2D eigenvalue weighted by Crippen LogP contribution is -2.35. The number of aromatic amines is 1. The summed E-state index contributed by atoms with van der Waals surface area (Å²) in [7, 11) is 1.84. The molecule has 1 saturated heterocycles. The lowest BCUT2D eigenvalue weighted by Gasteiger charge is -2.29. The maximum Gasteiger partial charge on any atom is 0.116 e. The van der Waals surface area contributed by atoms with Crippen LogP contribution in [0.3, 0.4) is 0 Å². The van der Waals surface area contributed by atoms with Gasteiger partial charge in [0.2, 0.25) is 0 Å². The van der Waals surface area contributed by atoms with Crippen LogP contribution in [-0.4, -0.2) is 51.4 Å². The number of hydrogen-bond acceptors (Lipinski definition) is 6. The molecule has 3 heterocycles. The Morgan fingerprint density at radius 2 is 1.97 bits per heavy atom. The number of nitrogens with zero attached hydrogens (tertiary/aromatic N) is 3. The zero-order valence-electron chi connectivity index (χ0n) is 20.5. The Bertz CT molecular complexity index is 1260. The monoisotopic (exact) mass is 470 g/mol. The fraction of sp³-hybridized carbons (Fsp3) is 0.286. The third-order valence-corrected chi connectivity index (χ3v) is 6.33. The normalized spacial score (nSPS) is 15.6. The molecule has 0 spiro atoms. The Hall–Kier alpha value is -3.68. The lowest BCUT2D eigenvalue weighted by atomic mass is 10.0. The number of fused-ring (bicyclic) bond motifs is 1. The number of piperidine rings is 1. The van der Waals surface area contributed by atoms with Crippen LogP contribution in [0.4, 0.5) is 0 Å². The summed E-state index contributed by atoms with van der Waals surface area (Å²) in [5, 5.41) is 24.7. The van der Waals surface area contributed by atoms with Gasteiger partial charge in [0.05, 0.1) is 17.3 Å². The van der Waals surface area contributed by atoms with Gasteiger partial charge in [-0.3, -0.25) is 15.0 Å². The van der Waals surface area contributed by atoms with Gasteiger partial charge in [-0.1, -0.05) is 25.3 Å². The smallest absolute Gasteiger partial charge is 0.116 e. The summed E-state index contributed by atoms with van der Waals surface area (Å²) in [5.41, 5.74) is 7.47. The van der Waals surface area contributed by atoms with E-state index in [0.29, 0.717) is 5.70 Å². The fourth-order valence-electron chi connectivity index (χ4n) is 4.21. The van der Waals surface area contributed by atoms with Gasteiger partial charge in [0.25, 0.3) is 0 Å². The molecule has 7 nitrogen and oxygen atoms in total. The Morgan fingerprint density at radius 3 is 2.71 bits per heavy atom. The molecule has 1 fully saturated rings. The number of likely N-dealkylation sites (N-methyl/N-ethyl adjacent to an activating group) is 1. The topological polar surface area (TPSA) is 89.1 Å². The second kappa shape index (κ2) is 11.2. The molecule has 0 aliphatic carbocycles. The van der Waals surface area contributed by atoms with Crippen LogP contribution in [0.5, 0.6) is 0 Å². The molecule has 0 atom stereocenters. The summed E-state index contributed by atoms with van der Waals surface area (Å²) in [6.07, 6.45) is 11.2. The van der Waals surface area contributed by atoms with Crippen LogP contribution in [-0.2, 0) is 6.54 Å². The van der Waals surface area contributed by atoms with Crippen molar-refractivity contribution in [2.24, 2.45) is 0 Å². The van der Waals surface area contributed by atoms with E-state index in [1.807, 2.05) is 50.7 Å². The number of aromatic nitrogens is 3. The average Bonchev–Trinajstić information content (AvgIpc) is 3.31. The Labute approximate surface area is 207 Å². The third-order valence-electron chi connectivity index (χ3n) is 6.33. The molecule has 1 aromatic carbocycles. The summed E-state index contributed by atoms with van der Waals surface area (Å²) in [5.74, 6) is 0. The van der Waals surface area contributed by atoms with E-state index >= 15 is 0 Å². The number of nitrogens with one attached hydrogen (secondary N) is 3. The van der Waals surface area contributed by atoms with Gasteiger partial charge in [0.15, 0.2) is 0 Å². The first-order valence-corrected chi connectivity index (χ1v) is 12.0. The fourth-order valence-corrected chi connectivity index (χ4v) is 4.21. The largest absolute Gasteiger partial charge is 0.393 e. The molecule has 4 rings (SSSR count). The number of pyridine rings is 1. The minimum absolute atomic E-state index is 0.163. The van der Waals surface area contributed by atoms with Gasteiger partial charge in [0, 0.05) is 61.4 Å². The number of allylic oxidation sites excluding steroid dienone is 3. The predicted molar refractivity (Wildman–Crippen MR) is 143 cm³/mol. The summed E-state index contributed by atoms with van der Waals surface area (Å²) in [4.78, 5) is 6.88. The van der Waals surface area contributed by atoms with E-state index in [1.54, 1.807) is 0 Å². The minimum atomic E-state index is -0.163. The quantitative estimate of drug-likeness (QED) is 0.348. The number of hydrogen-bond donors (Lipinski definition) is 4. The van der Waals surface area contributed by atoms with E-state index in [-0.39, 0.29) is 6.10 Å². The highest BCUT2D eigenvalue weighted by Crippen LogP contribution is 2.28. The average molecular weight is 471 g/mol. The summed E-state index contributed by atoms with van der Waals surface area (Å²) < 4.78 is 0. The molecule has 7 heteroatoms. The first kappa shape index (κ1) is 24.4. The van der Waals surface area contributed by atoms with Crippen molar-refractivity contribution in [3.8, 4) is 11.1 Å². The van der Waals surface area contributed by atoms with Crippen molar-refractivity contribution in [3.05, 3.63) is 90.7 Å². The highest BCUT2D eigenvalue weighted by molar-refractivity contribution is 5.92. The van der Waals surface area contributed by atoms with E-state index in [4.69, 9.17) is 0 Å². The van der Waals surface area contributed by atoms with Crippen molar-refractivity contribution in [1.29, 1.82) is 0 Å². The molecule has 0 bridgehead atoms. The zero-order valence-corrected chi connectivity index (χ0v) is 20.5. The molecule has 1 aliphatic heterocycles. The van der Waals surface area contributed by atoms with E-state index < -0.39 is 0 Å². The number of rotatable bonds is 9. The molecule has 35 heavy (non-hydrogen) atoms. The predicted octanol–water partition coefficient (Wildman–Crippen LogP) is 4.34. The van der Waals surface area contributed by atoms with Crippen molar-refractivity contribution in [3.63, 3.8) is 0 Å². The Morgan fingerprint density at radius 1 is 1.17 bits per heavy atom. The first-order chi connectivity index (χ1) is 17.0. The van der Waals surface area contributed by atoms with E-state index in [1.165, 1.54) is 5.56 Å². The minimum Gasteiger partial charge on any atom is -0.393 e. The van der Waals surface area contributed by atoms with E-state index in [9.17, 15) is 5.11 Å². The van der Waals surface area contributed by atoms with Gasteiger partial charge in [-0.25, -0.2) is 0 Å². The van der Waals surface area contributed by atoms with E-state index in [2.05, 4.69) is 62.1 Å². The van der Waals surface area contributed by atoms with Crippen LogP contribution >= 0.6 is 0 Å². The SMILES string of the molecule is C=C(/C=C\C(=C/C)NC(=C)c1n[nH]c2ccc(-c3cncc(CN4CCC(O)CC4)c3)cc12)NC. The maximum absolute atomic E-state index is 9.77. The van der Waals surface area contributed by atoms with Crippen molar-refractivity contribution < 1.29 is 5.11 Å². The first-order valence-electron chi connectivity index (χ1n) is 12.0. The molecule has 182 valence electrons. The Balaban J connectivity index is 1.54. The Kier molecular flexibility index (Phi) is 7.80. The number of likely N-dealkylation sites (tertiary alicyclic amines) is 1. The molecule has 0 unspecified atom stereocenters. The van der Waals surface area contributed by atoms with Crippen LogP contribution in [0.1, 0.15) is 31.0 Å². The number of aliphatic hydroxyl groups excluding tert-OH is 1. The molecular weight excluding hydrogens is 436 g/mol. The van der Waals surface area contributed by atoms with Crippen LogP contribution < -0.4 is 10.6 Å². The number of aliphatic hydroxyl groups is 1. The van der Waals surface area contributed by atoms with Crippen LogP contribution in [0.2, 0.25) is 0 Å². The van der Waals surface area contributed by atoms with Gasteiger partial charge >= 0.3 is 0 Å². The molecule has 4 N–H and O–H groups in total. The van der Waals surface area contributed by atoms with Crippen molar-refractivity contribution in [2.75, 3.05) is 20.1 Å². The third kappa shape index (κ3) is 6.07. The van der Waals surface area contributed by atoms with Crippen LogP contribution in [0, 0.1) is 0 Å². The van der Waals surface area contributed by atoms with Gasteiger partial charge in [-0.05, 0) is 61.2 Å². The van der Waals surface area contributed by atoms with Crippen LogP contribution in [0.15, 0.2) is 79.4 Å². The van der Waals surface area contributed by atoms with Crippen molar-refractivity contribution in [2.45, 2.75) is 32.4 Å². The molecule has 2 aromatic heterocycles. The van der Waals surface area contributed by atoms with Gasteiger partial charge < -0.3 is 15.7 Å². The highest BCUT2D eigenvalue weighted by atomic mass is 16.3. The number of benzene rings is 1. The summed E-state index contributed by atoms with van der Waals surface area (Å²) in [6, 6.07) is 8.46. The molecular formula is C28H34N6O. The van der Waals surface area contributed by atoms with Gasteiger partial charge in [-0.2, -0.15) is 5.10 Å². The molecule has 0 amide bonds. The van der Waals surface area contributed by atoms with Crippen molar-refractivity contribution >= 4 is 16.6 Å². The van der Waals surface area contributed by atoms with Crippen molar-refractivity contribution in [1.82, 2.24) is 30.7 Å². The zero-order chi connectivity index (χ0) is 24.8. The van der Waals surface area contributed by atoms with E-state index in [0.717, 1.165) is 71.6 Å². The second-order valence-corrected chi connectivity index (χ2v) is 8.88. The molecule has 1 aliphatic rings. The molecule has 0 radical (unpaired) electrons. The summed E-state index contributed by atoms with van der Waals surface area (Å²) in [6.45, 7) is 12.8. The molecule has 3 aromatic rings. The van der Waals surface area contributed by atoms with Crippen LogP contribution in [0.25, 0.3) is 27.7 Å². The second-order valence-electron chi connectivity index (χ2n) is 8.88. The molecule has 0 saturated carbocycles. The summed E-state index contributed by atoms with van der Waals surface area (Å²) >= 11 is 0. The number of H-pyrrole nitrogens is 1. The van der Waals surface area contributed by atoms with Gasteiger partial charge in [0.1, 0.15) is 5.69 Å². The van der Waals surface area contributed by atoms with Gasteiger partial charge in [-0.15, -0.1) is 0 Å². The maximum atomic E-state index is 9.77. The lowest BCUT2D eigenvalue weighted by molar-refractivity contribution is 0.0792. The highest BCUT2D eigenvalue weighted by Gasteiger charge is 2.17. The standard InChI is InChI=1S/C28H34N6O/c1-5-24(8-6-19(2)29-4)31-20(3)28-26-15-22(7-9-27(26)32-33-28)23-14-21(16-30-17-23)18-34-12-10-25(35)11-13-34/h5-9,14-17,25,29,31,35H,2-3,10-13,18H2,1,4H3,(H,32,33)/b8-6-,24-5+.